The lowest BCUT2D eigenvalue weighted by Crippen LogP contribution is -2.41. The number of carboxylic acids is 2. The van der Waals surface area contributed by atoms with Crippen LogP contribution < -0.4 is 16.4 Å². The van der Waals surface area contributed by atoms with Gasteiger partial charge in [-0.15, -0.1) is 0 Å². The number of nitrogen functional groups attached to an aromatic ring is 1. The van der Waals surface area contributed by atoms with Crippen molar-refractivity contribution < 1.29 is 24.6 Å². The maximum Gasteiger partial charge on any atom is 0.326 e. The van der Waals surface area contributed by atoms with Crippen molar-refractivity contribution in [3.05, 3.63) is 59.4 Å². The van der Waals surface area contributed by atoms with Crippen molar-refractivity contribution in [1.82, 2.24) is 15.3 Å². The third-order valence-electron chi connectivity index (χ3n) is 4.80. The van der Waals surface area contributed by atoms with E-state index in [1.807, 2.05) is 18.2 Å². The van der Waals surface area contributed by atoms with Crippen molar-refractivity contribution in [2.24, 2.45) is 0 Å². The SMILES string of the molecule is Cc1nc(N)c2cc(NCc3ccc(C(=O)NC(CCC(=O)O)C(=O)O)cc3)ccc2n1. The molecule has 1 heterocycles. The summed E-state index contributed by atoms with van der Waals surface area (Å²) in [5.41, 5.74) is 8.76. The van der Waals surface area contributed by atoms with Gasteiger partial charge in [-0.1, -0.05) is 12.1 Å². The number of fused-ring (bicyclic) bond motifs is 1. The highest BCUT2D eigenvalue weighted by Crippen LogP contribution is 2.22. The molecule has 2 aromatic carbocycles. The van der Waals surface area contributed by atoms with Gasteiger partial charge in [0.2, 0.25) is 0 Å². The van der Waals surface area contributed by atoms with Crippen molar-refractivity contribution in [3.8, 4) is 0 Å². The number of carbonyl (C=O) groups excluding carboxylic acids is 1. The second-order valence-electron chi connectivity index (χ2n) is 7.24. The lowest BCUT2D eigenvalue weighted by atomic mass is 10.1. The Balaban J connectivity index is 1.62. The van der Waals surface area contributed by atoms with Crippen molar-refractivity contribution in [2.75, 3.05) is 11.1 Å². The first-order valence-electron chi connectivity index (χ1n) is 9.85. The van der Waals surface area contributed by atoms with Gasteiger partial charge in [-0.2, -0.15) is 0 Å². The number of aryl methyl sites for hydroxylation is 1. The summed E-state index contributed by atoms with van der Waals surface area (Å²) in [7, 11) is 0. The number of aromatic nitrogens is 2. The minimum atomic E-state index is -1.28. The van der Waals surface area contributed by atoms with E-state index >= 15 is 0 Å². The van der Waals surface area contributed by atoms with Gasteiger partial charge in [-0.25, -0.2) is 14.8 Å². The number of nitrogens with one attached hydrogen (secondary N) is 2. The largest absolute Gasteiger partial charge is 0.481 e. The van der Waals surface area contributed by atoms with Crippen molar-refractivity contribution >= 4 is 40.3 Å². The zero-order valence-corrected chi connectivity index (χ0v) is 17.3. The summed E-state index contributed by atoms with van der Waals surface area (Å²) in [4.78, 5) is 42.7. The molecule has 0 bridgehead atoms. The number of benzene rings is 2. The zero-order chi connectivity index (χ0) is 23.3. The van der Waals surface area contributed by atoms with E-state index in [2.05, 4.69) is 20.6 Å². The van der Waals surface area contributed by atoms with E-state index < -0.39 is 23.9 Å². The molecule has 0 saturated heterocycles. The number of anilines is 2. The van der Waals surface area contributed by atoms with Crippen LogP contribution in [0.1, 0.15) is 34.6 Å². The molecule has 0 spiro atoms. The van der Waals surface area contributed by atoms with Crippen LogP contribution in [0.2, 0.25) is 0 Å². The average Bonchev–Trinajstić information content (AvgIpc) is 2.75. The topological polar surface area (TPSA) is 168 Å². The van der Waals surface area contributed by atoms with E-state index in [1.165, 1.54) is 0 Å². The van der Waals surface area contributed by atoms with Gasteiger partial charge >= 0.3 is 11.9 Å². The minimum Gasteiger partial charge on any atom is -0.481 e. The van der Waals surface area contributed by atoms with Crippen molar-refractivity contribution in [3.63, 3.8) is 0 Å². The number of carbonyl (C=O) groups is 3. The smallest absolute Gasteiger partial charge is 0.326 e. The Bertz CT molecular complexity index is 1160. The number of carboxylic acid groups (broad SMARTS) is 2. The highest BCUT2D eigenvalue weighted by atomic mass is 16.4. The molecule has 6 N–H and O–H groups in total. The first-order valence-corrected chi connectivity index (χ1v) is 9.85. The van der Waals surface area contributed by atoms with Crippen LogP contribution in [-0.4, -0.2) is 44.1 Å². The Morgan fingerprint density at radius 1 is 1.06 bits per heavy atom. The fourth-order valence-electron chi connectivity index (χ4n) is 3.13. The van der Waals surface area contributed by atoms with Gasteiger partial charge in [0.05, 0.1) is 5.52 Å². The lowest BCUT2D eigenvalue weighted by molar-refractivity contribution is -0.140. The monoisotopic (exact) mass is 437 g/mol. The summed E-state index contributed by atoms with van der Waals surface area (Å²) >= 11 is 0. The summed E-state index contributed by atoms with van der Waals surface area (Å²) in [6.45, 7) is 2.26. The minimum absolute atomic E-state index is 0.195. The molecule has 0 aliphatic rings. The van der Waals surface area contributed by atoms with Crippen LogP contribution in [0.3, 0.4) is 0 Å². The Hall–Kier alpha value is -4.21. The second kappa shape index (κ2) is 9.73. The van der Waals surface area contributed by atoms with Gasteiger partial charge in [0, 0.05) is 29.6 Å². The molecule has 166 valence electrons. The van der Waals surface area contributed by atoms with E-state index in [1.54, 1.807) is 31.2 Å². The van der Waals surface area contributed by atoms with Crippen LogP contribution in [0, 0.1) is 6.92 Å². The molecule has 10 nitrogen and oxygen atoms in total. The van der Waals surface area contributed by atoms with Gasteiger partial charge in [0.15, 0.2) is 0 Å². The van der Waals surface area contributed by atoms with E-state index in [4.69, 9.17) is 15.9 Å². The van der Waals surface area contributed by atoms with Crippen LogP contribution >= 0.6 is 0 Å². The van der Waals surface area contributed by atoms with E-state index in [0.717, 1.165) is 22.2 Å². The highest BCUT2D eigenvalue weighted by Gasteiger charge is 2.21. The third kappa shape index (κ3) is 5.69. The van der Waals surface area contributed by atoms with Crippen molar-refractivity contribution in [2.45, 2.75) is 32.4 Å². The summed E-state index contributed by atoms with van der Waals surface area (Å²) in [5.74, 6) is -1.97. The Kier molecular flexibility index (Phi) is 6.83. The molecule has 3 rings (SSSR count). The Labute approximate surface area is 183 Å². The van der Waals surface area contributed by atoms with Gasteiger partial charge in [-0.05, 0) is 49.2 Å². The third-order valence-corrected chi connectivity index (χ3v) is 4.80. The number of amides is 1. The molecule has 10 heteroatoms. The van der Waals surface area contributed by atoms with Gasteiger partial charge < -0.3 is 26.6 Å². The predicted octanol–water partition coefficient (Wildman–Crippen LogP) is 2.18. The number of nitrogens with two attached hydrogens (primary N) is 1. The van der Waals surface area contributed by atoms with Crippen LogP contribution in [0.25, 0.3) is 10.9 Å². The standard InChI is InChI=1S/C22H23N5O5/c1-12-25-17-7-6-15(10-16(17)20(23)26-12)24-11-13-2-4-14(5-3-13)21(30)27-18(22(31)32)8-9-19(28)29/h2-7,10,18,24H,8-9,11H2,1H3,(H,27,30)(H,28,29)(H,31,32)(H2,23,25,26). The summed E-state index contributed by atoms with van der Waals surface area (Å²) in [6.07, 6.45) is -0.548. The molecular formula is C22H23N5O5. The quantitative estimate of drug-likeness (QED) is 0.337. The van der Waals surface area contributed by atoms with Gasteiger partial charge in [0.25, 0.3) is 5.91 Å². The molecule has 0 fully saturated rings. The zero-order valence-electron chi connectivity index (χ0n) is 17.3. The van der Waals surface area contributed by atoms with E-state index in [9.17, 15) is 14.4 Å². The average molecular weight is 437 g/mol. The van der Waals surface area contributed by atoms with Gasteiger partial charge in [0.1, 0.15) is 17.7 Å². The first kappa shape index (κ1) is 22.5. The number of hydrogen-bond donors (Lipinski definition) is 5. The molecule has 32 heavy (non-hydrogen) atoms. The maximum absolute atomic E-state index is 12.3. The van der Waals surface area contributed by atoms with E-state index in [-0.39, 0.29) is 18.4 Å². The van der Waals surface area contributed by atoms with Crippen molar-refractivity contribution in [1.29, 1.82) is 0 Å². The fraction of sp³-hybridized carbons (Fsp3) is 0.227. The Morgan fingerprint density at radius 3 is 2.44 bits per heavy atom. The summed E-state index contributed by atoms with van der Waals surface area (Å²) < 4.78 is 0. The molecule has 0 saturated carbocycles. The Morgan fingerprint density at radius 2 is 1.78 bits per heavy atom. The van der Waals surface area contributed by atoms with Crippen LogP contribution in [0.5, 0.6) is 0 Å². The maximum atomic E-state index is 12.3. The predicted molar refractivity (Wildman–Crippen MR) is 118 cm³/mol. The number of aliphatic carboxylic acids is 2. The molecule has 3 aromatic rings. The number of rotatable bonds is 9. The van der Waals surface area contributed by atoms with Crippen LogP contribution in [-0.2, 0) is 16.1 Å². The molecule has 1 atom stereocenters. The molecular weight excluding hydrogens is 414 g/mol. The summed E-state index contributed by atoms with van der Waals surface area (Å²) in [5, 5.41) is 24.3. The normalized spacial score (nSPS) is 11.7. The molecule has 1 unspecified atom stereocenters. The molecule has 1 amide bonds. The number of nitrogens with zero attached hydrogens (tertiary/aromatic N) is 2. The molecule has 1 aromatic heterocycles. The first-order chi connectivity index (χ1) is 15.2. The second-order valence-corrected chi connectivity index (χ2v) is 7.24. The lowest BCUT2D eigenvalue weighted by Gasteiger charge is -2.14. The number of hydrogen-bond acceptors (Lipinski definition) is 7. The molecule has 0 aliphatic carbocycles. The molecule has 0 aliphatic heterocycles. The summed E-state index contributed by atoms with van der Waals surface area (Å²) in [6, 6.07) is 11.0. The van der Waals surface area contributed by atoms with E-state index in [0.29, 0.717) is 18.2 Å². The molecule has 0 radical (unpaired) electrons. The fourth-order valence-corrected chi connectivity index (χ4v) is 3.13. The highest BCUT2D eigenvalue weighted by molar-refractivity contribution is 5.96. The van der Waals surface area contributed by atoms with Crippen LogP contribution in [0.4, 0.5) is 11.5 Å². The van der Waals surface area contributed by atoms with Gasteiger partial charge in [-0.3, -0.25) is 9.59 Å². The van der Waals surface area contributed by atoms with Crippen LogP contribution in [0.15, 0.2) is 42.5 Å².